The summed E-state index contributed by atoms with van der Waals surface area (Å²) in [7, 11) is 1.44. The molecule has 8 heteroatoms. The Morgan fingerprint density at radius 1 is 1.30 bits per heavy atom. The number of phosphoric acid groups is 1. The Morgan fingerprint density at radius 3 is 2.70 bits per heavy atom. The molecule has 0 aliphatic carbocycles. The standard InChI is InChI=1S/C12H18NO6P/c1-13(2,3)6-7-18-20(14,15)19-10-4-5-11-12(8-10)17-9-16-11/h4-5,8H,6-7,9H2,1-3H3. The van der Waals surface area contributed by atoms with Crippen LogP contribution in [0.5, 0.6) is 17.2 Å². The number of benzene rings is 1. The number of nitrogens with zero attached hydrogens (tertiary/aromatic N) is 1. The molecule has 0 spiro atoms. The minimum absolute atomic E-state index is 0.0643. The lowest BCUT2D eigenvalue weighted by molar-refractivity contribution is -0.870. The highest BCUT2D eigenvalue weighted by Crippen LogP contribution is 2.43. The van der Waals surface area contributed by atoms with Crippen LogP contribution in [0.15, 0.2) is 18.2 Å². The molecule has 1 aliphatic rings. The third kappa shape index (κ3) is 4.38. The van der Waals surface area contributed by atoms with Gasteiger partial charge in [-0.15, -0.1) is 0 Å². The molecule has 0 amide bonds. The number of rotatable bonds is 6. The van der Waals surface area contributed by atoms with E-state index in [4.69, 9.17) is 18.5 Å². The van der Waals surface area contributed by atoms with Crippen LogP contribution in [0, 0.1) is 0 Å². The first-order valence-corrected chi connectivity index (χ1v) is 7.57. The Morgan fingerprint density at radius 2 is 2.00 bits per heavy atom. The van der Waals surface area contributed by atoms with Crippen molar-refractivity contribution < 1.29 is 32.5 Å². The molecular weight excluding hydrogens is 285 g/mol. The average Bonchev–Trinajstić information content (AvgIpc) is 2.73. The minimum atomic E-state index is -4.38. The summed E-state index contributed by atoms with van der Waals surface area (Å²) in [6.45, 7) is 0.735. The minimum Gasteiger partial charge on any atom is -0.746 e. The van der Waals surface area contributed by atoms with E-state index in [1.54, 1.807) is 6.07 Å². The van der Waals surface area contributed by atoms with Crippen molar-refractivity contribution in [3.63, 3.8) is 0 Å². The third-order valence-corrected chi connectivity index (χ3v) is 3.51. The van der Waals surface area contributed by atoms with Crippen LogP contribution in [0.2, 0.25) is 0 Å². The zero-order valence-electron chi connectivity index (χ0n) is 11.7. The first kappa shape index (κ1) is 15.1. The second kappa shape index (κ2) is 5.61. The normalized spacial score (nSPS) is 16.8. The van der Waals surface area contributed by atoms with Crippen LogP contribution >= 0.6 is 7.82 Å². The molecule has 112 valence electrons. The molecule has 1 aliphatic heterocycles. The Bertz CT molecular complexity index is 527. The molecule has 0 radical (unpaired) electrons. The van der Waals surface area contributed by atoms with Crippen molar-refractivity contribution >= 4 is 7.82 Å². The maximum atomic E-state index is 11.7. The van der Waals surface area contributed by atoms with Gasteiger partial charge in [0.05, 0.1) is 21.1 Å². The Balaban J connectivity index is 1.92. The van der Waals surface area contributed by atoms with Crippen LogP contribution < -0.4 is 18.9 Å². The summed E-state index contributed by atoms with van der Waals surface area (Å²) in [6.07, 6.45) is 0. The molecule has 0 bridgehead atoms. The summed E-state index contributed by atoms with van der Waals surface area (Å²) >= 11 is 0. The highest BCUT2D eigenvalue weighted by molar-refractivity contribution is 7.46. The van der Waals surface area contributed by atoms with E-state index in [2.05, 4.69) is 0 Å². The smallest absolute Gasteiger partial charge is 0.319 e. The maximum absolute atomic E-state index is 11.7. The van der Waals surface area contributed by atoms with E-state index >= 15 is 0 Å². The zero-order valence-corrected chi connectivity index (χ0v) is 12.6. The van der Waals surface area contributed by atoms with Crippen molar-refractivity contribution in [2.45, 2.75) is 0 Å². The van der Waals surface area contributed by atoms with Crippen LogP contribution in [-0.2, 0) is 9.09 Å². The number of fused-ring (bicyclic) bond motifs is 1. The monoisotopic (exact) mass is 303 g/mol. The summed E-state index contributed by atoms with van der Waals surface area (Å²) in [4.78, 5) is 11.7. The van der Waals surface area contributed by atoms with E-state index in [1.807, 2.05) is 21.1 Å². The fourth-order valence-corrected chi connectivity index (χ4v) is 2.25. The van der Waals surface area contributed by atoms with Gasteiger partial charge < -0.3 is 27.9 Å². The van der Waals surface area contributed by atoms with Gasteiger partial charge in [0, 0.05) is 6.07 Å². The topological polar surface area (TPSA) is 77.1 Å². The Kier molecular flexibility index (Phi) is 4.25. The number of ether oxygens (including phenoxy) is 2. The van der Waals surface area contributed by atoms with Gasteiger partial charge in [-0.3, -0.25) is 4.57 Å². The number of likely N-dealkylation sites (N-methyl/N-ethyl adjacent to an activating group) is 1. The molecule has 1 heterocycles. The molecule has 1 atom stereocenters. The highest BCUT2D eigenvalue weighted by atomic mass is 31.2. The highest BCUT2D eigenvalue weighted by Gasteiger charge is 2.18. The van der Waals surface area contributed by atoms with Gasteiger partial charge in [0.25, 0.3) is 0 Å². The van der Waals surface area contributed by atoms with Crippen molar-refractivity contribution in [1.82, 2.24) is 0 Å². The van der Waals surface area contributed by atoms with E-state index < -0.39 is 7.82 Å². The number of quaternary nitrogens is 1. The summed E-state index contributed by atoms with van der Waals surface area (Å²) in [6, 6.07) is 4.53. The quantitative estimate of drug-likeness (QED) is 0.576. The van der Waals surface area contributed by atoms with E-state index in [-0.39, 0.29) is 19.1 Å². The van der Waals surface area contributed by atoms with Crippen molar-refractivity contribution in [2.75, 3.05) is 41.1 Å². The summed E-state index contributed by atoms with van der Waals surface area (Å²) < 4.78 is 32.3. The molecule has 0 N–H and O–H groups in total. The Hall–Kier alpha value is -1.27. The molecule has 0 saturated heterocycles. The van der Waals surface area contributed by atoms with Crippen molar-refractivity contribution in [1.29, 1.82) is 0 Å². The summed E-state index contributed by atoms with van der Waals surface area (Å²) in [5.74, 6) is 1.15. The van der Waals surface area contributed by atoms with Crippen molar-refractivity contribution in [2.24, 2.45) is 0 Å². The predicted molar refractivity (Wildman–Crippen MR) is 69.7 cm³/mol. The first-order valence-electron chi connectivity index (χ1n) is 6.10. The Labute approximate surface area is 117 Å². The molecule has 1 unspecified atom stereocenters. The number of phosphoric ester groups is 1. The molecule has 0 aromatic heterocycles. The predicted octanol–water partition coefficient (Wildman–Crippen LogP) is 0.985. The number of hydrogen-bond donors (Lipinski definition) is 0. The van der Waals surface area contributed by atoms with Crippen LogP contribution in [0.4, 0.5) is 0 Å². The molecule has 0 fully saturated rings. The van der Waals surface area contributed by atoms with Gasteiger partial charge in [0.15, 0.2) is 11.5 Å². The van der Waals surface area contributed by atoms with Crippen LogP contribution in [0.1, 0.15) is 0 Å². The van der Waals surface area contributed by atoms with E-state index in [0.717, 1.165) is 0 Å². The molecule has 7 nitrogen and oxygen atoms in total. The molecule has 1 aromatic carbocycles. The largest absolute Gasteiger partial charge is 0.746 e. The summed E-state index contributed by atoms with van der Waals surface area (Å²) in [5.41, 5.74) is 0. The maximum Gasteiger partial charge on any atom is 0.319 e. The second-order valence-corrected chi connectivity index (χ2v) is 6.74. The van der Waals surface area contributed by atoms with E-state index in [1.165, 1.54) is 12.1 Å². The lowest BCUT2D eigenvalue weighted by atomic mass is 10.3. The van der Waals surface area contributed by atoms with Gasteiger partial charge in [0.1, 0.15) is 18.9 Å². The fraction of sp³-hybridized carbons (Fsp3) is 0.500. The lowest BCUT2D eigenvalue weighted by Crippen LogP contribution is -2.37. The zero-order chi connectivity index (χ0) is 14.8. The SMILES string of the molecule is C[N+](C)(C)CCOP(=O)([O-])Oc1ccc2c(c1)OCO2. The van der Waals surface area contributed by atoms with Crippen LogP contribution in [0.25, 0.3) is 0 Å². The van der Waals surface area contributed by atoms with Crippen molar-refractivity contribution in [3.8, 4) is 17.2 Å². The average molecular weight is 303 g/mol. The van der Waals surface area contributed by atoms with E-state index in [9.17, 15) is 9.46 Å². The lowest BCUT2D eigenvalue weighted by Gasteiger charge is -2.27. The molecular formula is C12H18NO6P. The van der Waals surface area contributed by atoms with Gasteiger partial charge in [-0.1, -0.05) is 0 Å². The van der Waals surface area contributed by atoms with Gasteiger partial charge in [-0.2, -0.15) is 0 Å². The second-order valence-electron chi connectivity index (χ2n) is 5.40. The molecule has 20 heavy (non-hydrogen) atoms. The molecule has 2 rings (SSSR count). The third-order valence-electron chi connectivity index (χ3n) is 2.57. The van der Waals surface area contributed by atoms with Gasteiger partial charge in [0.2, 0.25) is 6.79 Å². The van der Waals surface area contributed by atoms with E-state index in [0.29, 0.717) is 22.5 Å². The molecule has 1 aromatic rings. The van der Waals surface area contributed by atoms with Crippen molar-refractivity contribution in [3.05, 3.63) is 18.2 Å². The summed E-state index contributed by atoms with van der Waals surface area (Å²) in [5, 5.41) is 0. The van der Waals surface area contributed by atoms with Gasteiger partial charge in [-0.05, 0) is 12.1 Å². The molecule has 0 saturated carbocycles. The van der Waals surface area contributed by atoms with Gasteiger partial charge in [-0.25, -0.2) is 0 Å². The first-order chi connectivity index (χ1) is 9.25. The number of hydrogen-bond acceptors (Lipinski definition) is 6. The fourth-order valence-electron chi connectivity index (χ4n) is 1.52. The van der Waals surface area contributed by atoms with Gasteiger partial charge >= 0.3 is 7.82 Å². The van der Waals surface area contributed by atoms with Crippen LogP contribution in [-0.4, -0.2) is 45.6 Å². The van der Waals surface area contributed by atoms with Crippen LogP contribution in [0.3, 0.4) is 0 Å².